The molecule has 0 bridgehead atoms. The van der Waals surface area contributed by atoms with E-state index in [4.69, 9.17) is 16.3 Å². The number of aromatic amines is 1. The van der Waals surface area contributed by atoms with E-state index in [-0.39, 0.29) is 12.1 Å². The number of carbonyl (C=O) groups excluding carboxylic acids is 1. The molecular weight excluding hydrogens is 372 g/mol. The fraction of sp³-hybridized carbons (Fsp3) is 0.348. The Kier molecular flexibility index (Phi) is 5.07. The van der Waals surface area contributed by atoms with Crippen LogP contribution in [0.3, 0.4) is 0 Å². The zero-order valence-corrected chi connectivity index (χ0v) is 17.2. The van der Waals surface area contributed by atoms with Crippen molar-refractivity contribution >= 4 is 28.6 Å². The number of fused-ring (bicyclic) bond motifs is 3. The number of ether oxygens (including phenoxy) is 1. The maximum atomic E-state index is 12.7. The largest absolute Gasteiger partial charge is 0.450 e. The lowest BCUT2D eigenvalue weighted by Gasteiger charge is -2.35. The molecule has 1 aliphatic heterocycles. The average molecular weight is 397 g/mol. The van der Waals surface area contributed by atoms with Gasteiger partial charge in [0.2, 0.25) is 0 Å². The molecule has 1 aliphatic rings. The standard InChI is InChI=1S/C23H25ClN2O2/c1-4-28-23(27)26-12-11-18-19-13-17(24)9-10-20(19)25-21(18)22(26)16-7-5-15(6-8-16)14(2)3/h5-10,13-14,22,25H,4,11-12H2,1-3H3. The monoisotopic (exact) mass is 396 g/mol. The molecule has 28 heavy (non-hydrogen) atoms. The Balaban J connectivity index is 1.84. The second-order valence-corrected chi connectivity index (χ2v) is 8.01. The van der Waals surface area contributed by atoms with E-state index in [9.17, 15) is 4.79 Å². The van der Waals surface area contributed by atoms with E-state index in [1.165, 1.54) is 11.1 Å². The van der Waals surface area contributed by atoms with Gasteiger partial charge in [-0.1, -0.05) is 49.7 Å². The summed E-state index contributed by atoms with van der Waals surface area (Å²) in [7, 11) is 0. The third kappa shape index (κ3) is 3.26. The number of hydrogen-bond acceptors (Lipinski definition) is 2. The first-order valence-electron chi connectivity index (χ1n) is 9.82. The third-order valence-electron chi connectivity index (χ3n) is 5.51. The molecule has 1 amide bonds. The molecule has 0 aliphatic carbocycles. The number of halogens is 1. The molecule has 2 aromatic carbocycles. The van der Waals surface area contributed by atoms with Crippen molar-refractivity contribution in [3.63, 3.8) is 0 Å². The molecule has 5 heteroatoms. The summed E-state index contributed by atoms with van der Waals surface area (Å²) in [5, 5.41) is 1.86. The summed E-state index contributed by atoms with van der Waals surface area (Å²) in [4.78, 5) is 18.1. The van der Waals surface area contributed by atoms with Crippen molar-refractivity contribution in [1.82, 2.24) is 9.88 Å². The first-order chi connectivity index (χ1) is 13.5. The number of rotatable bonds is 3. The molecule has 146 valence electrons. The van der Waals surface area contributed by atoms with Crippen molar-refractivity contribution in [3.05, 3.63) is 69.9 Å². The third-order valence-corrected chi connectivity index (χ3v) is 5.75. The molecule has 1 atom stereocenters. The van der Waals surface area contributed by atoms with Gasteiger partial charge >= 0.3 is 6.09 Å². The van der Waals surface area contributed by atoms with Crippen molar-refractivity contribution in [2.45, 2.75) is 39.2 Å². The average Bonchev–Trinajstić information content (AvgIpc) is 3.05. The van der Waals surface area contributed by atoms with E-state index >= 15 is 0 Å². The summed E-state index contributed by atoms with van der Waals surface area (Å²) < 4.78 is 5.36. The van der Waals surface area contributed by atoms with Gasteiger partial charge in [-0.3, -0.25) is 4.90 Å². The Hall–Kier alpha value is -2.46. The van der Waals surface area contributed by atoms with Crippen LogP contribution in [-0.2, 0) is 11.2 Å². The van der Waals surface area contributed by atoms with Gasteiger partial charge in [0.05, 0.1) is 6.61 Å². The molecule has 0 radical (unpaired) electrons. The molecule has 3 aromatic rings. The second kappa shape index (κ2) is 7.51. The lowest BCUT2D eigenvalue weighted by Crippen LogP contribution is -2.41. The summed E-state index contributed by atoms with van der Waals surface area (Å²) in [5.41, 5.74) is 5.69. The van der Waals surface area contributed by atoms with Crippen LogP contribution in [0.25, 0.3) is 10.9 Å². The number of nitrogens with zero attached hydrogens (tertiary/aromatic N) is 1. The second-order valence-electron chi connectivity index (χ2n) is 7.57. The number of amides is 1. The van der Waals surface area contributed by atoms with Crippen LogP contribution in [0, 0.1) is 0 Å². The smallest absolute Gasteiger partial charge is 0.410 e. The summed E-state index contributed by atoms with van der Waals surface area (Å²) >= 11 is 6.24. The first kappa shape index (κ1) is 18.9. The fourth-order valence-corrected chi connectivity index (χ4v) is 4.25. The van der Waals surface area contributed by atoms with Crippen LogP contribution in [0.2, 0.25) is 5.02 Å². The van der Waals surface area contributed by atoms with Crippen molar-refractivity contribution in [2.75, 3.05) is 13.2 Å². The summed E-state index contributed by atoms with van der Waals surface area (Å²) in [6.07, 6.45) is 0.498. The first-order valence-corrected chi connectivity index (χ1v) is 10.2. The van der Waals surface area contributed by atoms with Crippen molar-refractivity contribution in [3.8, 4) is 0 Å². The van der Waals surface area contributed by atoms with E-state index in [0.717, 1.165) is 33.6 Å². The highest BCUT2D eigenvalue weighted by atomic mass is 35.5. The minimum absolute atomic E-state index is 0.199. The van der Waals surface area contributed by atoms with Crippen molar-refractivity contribution in [2.24, 2.45) is 0 Å². The Morgan fingerprint density at radius 1 is 1.25 bits per heavy atom. The number of hydrogen-bond donors (Lipinski definition) is 1. The van der Waals surface area contributed by atoms with Gasteiger partial charge in [-0.25, -0.2) is 4.79 Å². The van der Waals surface area contributed by atoms with Crippen LogP contribution in [0.4, 0.5) is 4.79 Å². The number of aromatic nitrogens is 1. The van der Waals surface area contributed by atoms with E-state index in [2.05, 4.69) is 43.1 Å². The van der Waals surface area contributed by atoms with Gasteiger partial charge in [-0.15, -0.1) is 0 Å². The summed E-state index contributed by atoms with van der Waals surface area (Å²) in [6.45, 7) is 7.18. The molecular formula is C23H25ClN2O2. The molecule has 1 aromatic heterocycles. The van der Waals surface area contributed by atoms with Crippen LogP contribution < -0.4 is 0 Å². The zero-order chi connectivity index (χ0) is 19.8. The highest BCUT2D eigenvalue weighted by molar-refractivity contribution is 6.31. The Morgan fingerprint density at radius 3 is 2.68 bits per heavy atom. The van der Waals surface area contributed by atoms with Crippen LogP contribution in [0.1, 0.15) is 55.1 Å². The van der Waals surface area contributed by atoms with Crippen LogP contribution in [0.15, 0.2) is 42.5 Å². The highest BCUT2D eigenvalue weighted by Crippen LogP contribution is 2.39. The number of carbonyl (C=O) groups is 1. The molecule has 1 unspecified atom stereocenters. The molecule has 4 nitrogen and oxygen atoms in total. The molecule has 2 heterocycles. The molecule has 0 spiro atoms. The van der Waals surface area contributed by atoms with Gasteiger partial charge in [0.25, 0.3) is 0 Å². The molecule has 0 fully saturated rings. The highest BCUT2D eigenvalue weighted by Gasteiger charge is 2.35. The quantitative estimate of drug-likeness (QED) is 0.585. The number of nitrogens with one attached hydrogen (secondary N) is 1. The number of H-pyrrole nitrogens is 1. The van der Waals surface area contributed by atoms with Crippen LogP contribution in [0.5, 0.6) is 0 Å². The molecule has 0 saturated heterocycles. The summed E-state index contributed by atoms with van der Waals surface area (Å²) in [5.74, 6) is 0.465. The van der Waals surface area contributed by atoms with Gasteiger partial charge in [-0.2, -0.15) is 0 Å². The van der Waals surface area contributed by atoms with E-state index in [1.54, 1.807) is 0 Å². The normalized spacial score (nSPS) is 16.5. The topological polar surface area (TPSA) is 45.3 Å². The van der Waals surface area contributed by atoms with Gasteiger partial charge < -0.3 is 9.72 Å². The van der Waals surface area contributed by atoms with Gasteiger partial charge in [0, 0.05) is 28.2 Å². The Labute approximate surface area is 170 Å². The van der Waals surface area contributed by atoms with E-state index < -0.39 is 0 Å². The van der Waals surface area contributed by atoms with Gasteiger partial charge in [-0.05, 0) is 54.2 Å². The van der Waals surface area contributed by atoms with Crippen molar-refractivity contribution < 1.29 is 9.53 Å². The van der Waals surface area contributed by atoms with Gasteiger partial charge in [0.15, 0.2) is 0 Å². The van der Waals surface area contributed by atoms with E-state index in [0.29, 0.717) is 19.1 Å². The molecule has 0 saturated carbocycles. The molecule has 4 rings (SSSR count). The fourth-order valence-electron chi connectivity index (χ4n) is 4.07. The minimum atomic E-state index is -0.275. The zero-order valence-electron chi connectivity index (χ0n) is 16.5. The van der Waals surface area contributed by atoms with Gasteiger partial charge in [0.1, 0.15) is 6.04 Å². The Morgan fingerprint density at radius 2 is 2.00 bits per heavy atom. The SMILES string of the molecule is CCOC(=O)N1CCc2c([nH]c3ccc(Cl)cc23)C1c1ccc(C(C)C)cc1. The maximum absolute atomic E-state index is 12.7. The lowest BCUT2D eigenvalue weighted by molar-refractivity contribution is 0.0932. The molecule has 1 N–H and O–H groups in total. The van der Waals surface area contributed by atoms with E-state index in [1.807, 2.05) is 30.0 Å². The minimum Gasteiger partial charge on any atom is -0.450 e. The van der Waals surface area contributed by atoms with Crippen molar-refractivity contribution in [1.29, 1.82) is 0 Å². The summed E-state index contributed by atoms with van der Waals surface area (Å²) in [6, 6.07) is 14.2. The maximum Gasteiger partial charge on any atom is 0.410 e. The predicted octanol–water partition coefficient (Wildman–Crippen LogP) is 6.05. The predicted molar refractivity (Wildman–Crippen MR) is 113 cm³/mol. The van der Waals surface area contributed by atoms with Crippen LogP contribution in [-0.4, -0.2) is 29.1 Å². The Bertz CT molecular complexity index is 1010. The number of benzene rings is 2. The van der Waals surface area contributed by atoms with Crippen LogP contribution >= 0.6 is 11.6 Å². The lowest BCUT2D eigenvalue weighted by atomic mass is 9.91.